The normalized spacial score (nSPS) is 14.3. The average Bonchev–Trinajstić information content (AvgIpc) is 3.89. The molecule has 58 heavy (non-hydrogen) atoms. The first-order valence-electron chi connectivity index (χ1n) is 20.3. The Bertz CT molecular complexity index is 3220. The first-order valence-corrected chi connectivity index (χ1v) is 21.1. The number of thiophene rings is 1. The van der Waals surface area contributed by atoms with Crippen LogP contribution in [0.3, 0.4) is 0 Å². The molecule has 0 spiro atoms. The number of fused-ring (bicyclic) bond motifs is 11. The van der Waals surface area contributed by atoms with E-state index in [2.05, 4.69) is 219 Å². The molecule has 12 rings (SSSR count). The van der Waals surface area contributed by atoms with Gasteiger partial charge >= 0.3 is 0 Å². The maximum atomic E-state index is 2.65. The summed E-state index contributed by atoms with van der Waals surface area (Å²) in [7, 11) is 0. The Morgan fingerprint density at radius 2 is 0.966 bits per heavy atom. The number of benzene rings is 9. The number of anilines is 3. The minimum atomic E-state index is -0.517. The van der Waals surface area contributed by atoms with Crippen molar-refractivity contribution >= 4 is 59.3 Å². The Labute approximate surface area is 343 Å². The van der Waals surface area contributed by atoms with E-state index >= 15 is 0 Å². The number of rotatable bonds is 5. The molecule has 9 aromatic carbocycles. The minimum absolute atomic E-state index is 0.199. The molecule has 0 aliphatic heterocycles. The van der Waals surface area contributed by atoms with Gasteiger partial charge in [0.2, 0.25) is 0 Å². The van der Waals surface area contributed by atoms with Crippen LogP contribution >= 0.6 is 11.3 Å². The summed E-state index contributed by atoms with van der Waals surface area (Å²) in [5.41, 5.74) is 15.9. The van der Waals surface area contributed by atoms with Gasteiger partial charge in [0, 0.05) is 36.7 Å². The summed E-state index contributed by atoms with van der Waals surface area (Å²) in [4.78, 5) is 2.65. The molecule has 1 heterocycles. The van der Waals surface area contributed by atoms with E-state index in [0.717, 1.165) is 0 Å². The topological polar surface area (TPSA) is 3.24 Å². The highest BCUT2D eigenvalue weighted by Gasteiger charge is 2.48. The van der Waals surface area contributed by atoms with Crippen molar-refractivity contribution in [1.29, 1.82) is 0 Å². The molecule has 2 aliphatic rings. The summed E-state index contributed by atoms with van der Waals surface area (Å²) in [5, 5.41) is 5.15. The van der Waals surface area contributed by atoms with E-state index in [-0.39, 0.29) is 5.41 Å². The van der Waals surface area contributed by atoms with E-state index in [9.17, 15) is 0 Å². The third-order valence-electron chi connectivity index (χ3n) is 13.1. The van der Waals surface area contributed by atoms with Crippen LogP contribution in [0.2, 0.25) is 0 Å². The number of nitrogens with zero attached hydrogens (tertiary/aromatic N) is 1. The maximum absolute atomic E-state index is 2.65. The molecule has 0 fully saturated rings. The second-order valence-electron chi connectivity index (χ2n) is 16.3. The predicted molar refractivity (Wildman–Crippen MR) is 246 cm³/mol. The molecule has 0 atom stereocenters. The SMILES string of the molecule is CC1(C)c2ccccc2-c2c(N(c3cccc4c3-c3ccccc3C4(c3ccccc3)c3ccccc3)c3cccc4sc5ccccc5c34)cc3ccccc3c21. The molecule has 2 aliphatic carbocycles. The monoisotopic (exact) mass is 757 g/mol. The second kappa shape index (κ2) is 12.4. The highest BCUT2D eigenvalue weighted by Crippen LogP contribution is 2.62. The van der Waals surface area contributed by atoms with Crippen molar-refractivity contribution < 1.29 is 0 Å². The summed E-state index contributed by atoms with van der Waals surface area (Å²) in [6, 6.07) is 75.0. The molecule has 0 saturated heterocycles. The molecule has 0 bridgehead atoms. The van der Waals surface area contributed by atoms with Gasteiger partial charge in [-0.3, -0.25) is 0 Å². The summed E-state index contributed by atoms with van der Waals surface area (Å²) < 4.78 is 2.59. The molecule has 0 unspecified atom stereocenters. The fraction of sp³-hybridized carbons (Fsp3) is 0.0714. The Morgan fingerprint density at radius 1 is 0.414 bits per heavy atom. The summed E-state index contributed by atoms with van der Waals surface area (Å²) in [5.74, 6) is 0. The van der Waals surface area contributed by atoms with Crippen LogP contribution in [0.5, 0.6) is 0 Å². The van der Waals surface area contributed by atoms with Gasteiger partial charge in [0.15, 0.2) is 0 Å². The van der Waals surface area contributed by atoms with Crippen molar-refractivity contribution in [2.24, 2.45) is 0 Å². The Morgan fingerprint density at radius 3 is 1.72 bits per heavy atom. The maximum Gasteiger partial charge on any atom is 0.0714 e. The van der Waals surface area contributed by atoms with Crippen LogP contribution in [0.15, 0.2) is 200 Å². The smallest absolute Gasteiger partial charge is 0.0714 e. The van der Waals surface area contributed by atoms with E-state index < -0.39 is 5.41 Å². The molecular formula is C56H39NS. The molecule has 10 aromatic rings. The van der Waals surface area contributed by atoms with Crippen LogP contribution in [0, 0.1) is 0 Å². The van der Waals surface area contributed by atoms with E-state index in [1.54, 1.807) is 0 Å². The van der Waals surface area contributed by atoms with Gasteiger partial charge in [0.25, 0.3) is 0 Å². The third kappa shape index (κ3) is 4.41. The lowest BCUT2D eigenvalue weighted by molar-refractivity contribution is 0.666. The third-order valence-corrected chi connectivity index (χ3v) is 14.2. The predicted octanol–water partition coefficient (Wildman–Crippen LogP) is 15.3. The lowest BCUT2D eigenvalue weighted by Crippen LogP contribution is -2.28. The van der Waals surface area contributed by atoms with Gasteiger partial charge in [0.05, 0.1) is 22.5 Å². The van der Waals surface area contributed by atoms with Crippen LogP contribution in [-0.4, -0.2) is 0 Å². The standard InChI is InChI=1S/C56H39NS/c1-55(2)43-28-14-11-25-40(43)53-48(35-36-19-9-10-24-39(36)54(53)55)57(47-32-18-34-50-52(47)42-27-13-16-33-49(42)58-50)46-31-17-30-45-51(46)41-26-12-15-29-44(41)56(45,37-20-5-3-6-21-37)38-22-7-4-8-23-38/h3-35H,1-2H3. The van der Waals surface area contributed by atoms with Crippen molar-refractivity contribution in [1.82, 2.24) is 0 Å². The fourth-order valence-electron chi connectivity index (χ4n) is 10.8. The van der Waals surface area contributed by atoms with E-state index in [1.165, 1.54) is 104 Å². The van der Waals surface area contributed by atoms with Gasteiger partial charge in [-0.25, -0.2) is 0 Å². The van der Waals surface area contributed by atoms with E-state index in [4.69, 9.17) is 0 Å². The lowest BCUT2D eigenvalue weighted by Gasteiger charge is -2.35. The first kappa shape index (κ1) is 33.4. The average molecular weight is 758 g/mol. The van der Waals surface area contributed by atoms with Crippen molar-refractivity contribution in [3.05, 3.63) is 234 Å². The largest absolute Gasteiger partial charge is 0.309 e. The summed E-state index contributed by atoms with van der Waals surface area (Å²) in [6.45, 7) is 4.83. The zero-order valence-corrected chi connectivity index (χ0v) is 33.2. The van der Waals surface area contributed by atoms with Crippen LogP contribution in [0.25, 0.3) is 53.2 Å². The molecular weight excluding hydrogens is 719 g/mol. The van der Waals surface area contributed by atoms with Gasteiger partial charge in [-0.15, -0.1) is 11.3 Å². The first-order chi connectivity index (χ1) is 28.6. The van der Waals surface area contributed by atoms with Crippen molar-refractivity contribution in [2.45, 2.75) is 24.7 Å². The molecule has 0 saturated carbocycles. The number of hydrogen-bond donors (Lipinski definition) is 0. The second-order valence-corrected chi connectivity index (χ2v) is 17.4. The summed E-state index contributed by atoms with van der Waals surface area (Å²) >= 11 is 1.88. The van der Waals surface area contributed by atoms with E-state index in [1.807, 2.05) is 11.3 Å². The number of hydrogen-bond acceptors (Lipinski definition) is 2. The molecule has 274 valence electrons. The molecule has 1 aromatic heterocycles. The van der Waals surface area contributed by atoms with Gasteiger partial charge in [0.1, 0.15) is 0 Å². The van der Waals surface area contributed by atoms with Crippen LogP contribution in [-0.2, 0) is 10.8 Å². The van der Waals surface area contributed by atoms with Gasteiger partial charge in [-0.2, -0.15) is 0 Å². The zero-order chi connectivity index (χ0) is 38.6. The van der Waals surface area contributed by atoms with Gasteiger partial charge in [-0.1, -0.05) is 184 Å². The zero-order valence-electron chi connectivity index (χ0n) is 32.4. The fourth-order valence-corrected chi connectivity index (χ4v) is 11.9. The van der Waals surface area contributed by atoms with Gasteiger partial charge in [-0.05, 0) is 85.6 Å². The van der Waals surface area contributed by atoms with Crippen LogP contribution in [0.1, 0.15) is 47.2 Å². The molecule has 0 N–H and O–H groups in total. The van der Waals surface area contributed by atoms with Crippen LogP contribution < -0.4 is 4.90 Å². The molecule has 0 radical (unpaired) electrons. The Balaban J connectivity index is 1.27. The van der Waals surface area contributed by atoms with Crippen molar-refractivity contribution in [3.8, 4) is 22.3 Å². The quantitative estimate of drug-likeness (QED) is 0.169. The summed E-state index contributed by atoms with van der Waals surface area (Å²) in [6.07, 6.45) is 0. The molecule has 0 amide bonds. The highest BCUT2D eigenvalue weighted by atomic mass is 32.1. The van der Waals surface area contributed by atoms with Gasteiger partial charge < -0.3 is 4.90 Å². The van der Waals surface area contributed by atoms with Crippen molar-refractivity contribution in [3.63, 3.8) is 0 Å². The Kier molecular flexibility index (Phi) is 7.13. The van der Waals surface area contributed by atoms with Crippen molar-refractivity contribution in [2.75, 3.05) is 4.90 Å². The van der Waals surface area contributed by atoms with Crippen LogP contribution in [0.4, 0.5) is 17.1 Å². The molecule has 1 nitrogen and oxygen atoms in total. The lowest BCUT2D eigenvalue weighted by atomic mass is 9.68. The molecule has 2 heteroatoms. The Hall–Kier alpha value is -6.74. The minimum Gasteiger partial charge on any atom is -0.309 e. The van der Waals surface area contributed by atoms with E-state index in [0.29, 0.717) is 0 Å². The highest BCUT2D eigenvalue weighted by molar-refractivity contribution is 7.26.